The summed E-state index contributed by atoms with van der Waals surface area (Å²) in [4.78, 5) is 4.37. The molecule has 5 heteroatoms. The first-order valence-electron chi connectivity index (χ1n) is 7.59. The molecule has 0 saturated heterocycles. The maximum atomic E-state index is 5.23. The average Bonchev–Trinajstić information content (AvgIpc) is 3.14. The van der Waals surface area contributed by atoms with Gasteiger partial charge in [0.1, 0.15) is 5.75 Å². The van der Waals surface area contributed by atoms with Crippen LogP contribution in [0.5, 0.6) is 5.75 Å². The first-order chi connectivity index (χ1) is 11.3. The minimum atomic E-state index is 0.170. The molecule has 1 aromatic carbocycles. The third-order valence-electron chi connectivity index (χ3n) is 3.77. The Labute approximate surface area is 135 Å². The number of methoxy groups -OCH3 is 1. The van der Waals surface area contributed by atoms with Crippen molar-refractivity contribution < 1.29 is 4.74 Å². The normalized spacial score (nSPS) is 12.1. The second kappa shape index (κ2) is 7.07. The van der Waals surface area contributed by atoms with E-state index in [1.807, 2.05) is 41.2 Å². The van der Waals surface area contributed by atoms with Crippen LogP contribution >= 0.6 is 0 Å². The molecule has 0 aliphatic heterocycles. The summed E-state index contributed by atoms with van der Waals surface area (Å²) >= 11 is 0. The van der Waals surface area contributed by atoms with Crippen LogP contribution in [0.2, 0.25) is 0 Å². The fourth-order valence-electron chi connectivity index (χ4n) is 2.52. The van der Waals surface area contributed by atoms with E-state index in [0.29, 0.717) is 6.54 Å². The van der Waals surface area contributed by atoms with Crippen LogP contribution in [0.4, 0.5) is 0 Å². The predicted molar refractivity (Wildman–Crippen MR) is 89.6 cm³/mol. The molecule has 2 heterocycles. The maximum absolute atomic E-state index is 5.23. The zero-order chi connectivity index (χ0) is 16.1. The van der Waals surface area contributed by atoms with Gasteiger partial charge in [0.2, 0.25) is 0 Å². The van der Waals surface area contributed by atoms with E-state index in [0.717, 1.165) is 17.1 Å². The van der Waals surface area contributed by atoms with Gasteiger partial charge in [-0.05, 0) is 30.7 Å². The Morgan fingerprint density at radius 1 is 1.17 bits per heavy atom. The quantitative estimate of drug-likeness (QED) is 0.760. The van der Waals surface area contributed by atoms with E-state index in [-0.39, 0.29) is 6.04 Å². The number of ether oxygens (including phenoxy) is 1. The monoisotopic (exact) mass is 308 g/mol. The molecule has 0 spiro atoms. The van der Waals surface area contributed by atoms with Crippen molar-refractivity contribution in [1.29, 1.82) is 0 Å². The Morgan fingerprint density at radius 2 is 2.04 bits per heavy atom. The topological polar surface area (TPSA) is 52.0 Å². The Balaban J connectivity index is 1.75. The van der Waals surface area contributed by atoms with Crippen molar-refractivity contribution in [2.45, 2.75) is 19.5 Å². The van der Waals surface area contributed by atoms with E-state index in [9.17, 15) is 0 Å². The van der Waals surface area contributed by atoms with Crippen LogP contribution in [-0.2, 0) is 6.54 Å². The van der Waals surface area contributed by atoms with Crippen molar-refractivity contribution in [3.05, 3.63) is 72.3 Å². The summed E-state index contributed by atoms with van der Waals surface area (Å²) in [6, 6.07) is 14.1. The zero-order valence-corrected chi connectivity index (χ0v) is 13.3. The van der Waals surface area contributed by atoms with Crippen LogP contribution < -0.4 is 10.1 Å². The van der Waals surface area contributed by atoms with Crippen molar-refractivity contribution >= 4 is 0 Å². The molecule has 0 saturated carbocycles. The number of hydrogen-bond donors (Lipinski definition) is 1. The summed E-state index contributed by atoms with van der Waals surface area (Å²) in [7, 11) is 1.66. The van der Waals surface area contributed by atoms with Crippen LogP contribution in [0, 0.1) is 0 Å². The summed E-state index contributed by atoms with van der Waals surface area (Å²) in [6.07, 6.45) is 5.50. The van der Waals surface area contributed by atoms with Gasteiger partial charge in [-0.1, -0.05) is 18.2 Å². The van der Waals surface area contributed by atoms with Gasteiger partial charge >= 0.3 is 0 Å². The lowest BCUT2D eigenvalue weighted by atomic mass is 10.1. The average molecular weight is 308 g/mol. The lowest BCUT2D eigenvalue weighted by Crippen LogP contribution is -2.20. The van der Waals surface area contributed by atoms with Crippen LogP contribution in [-0.4, -0.2) is 21.9 Å². The lowest BCUT2D eigenvalue weighted by Gasteiger charge is -2.18. The fraction of sp³-hybridized carbons (Fsp3) is 0.222. The van der Waals surface area contributed by atoms with Crippen molar-refractivity contribution in [3.8, 4) is 11.4 Å². The van der Waals surface area contributed by atoms with Crippen LogP contribution in [0.3, 0.4) is 0 Å². The molecule has 2 aromatic heterocycles. The highest BCUT2D eigenvalue weighted by Crippen LogP contribution is 2.21. The number of rotatable bonds is 6. The molecule has 0 radical (unpaired) electrons. The van der Waals surface area contributed by atoms with Gasteiger partial charge in [0.25, 0.3) is 0 Å². The smallest absolute Gasteiger partial charge is 0.122 e. The molecule has 118 valence electrons. The summed E-state index contributed by atoms with van der Waals surface area (Å²) in [6.45, 7) is 2.81. The standard InChI is InChI=1S/C18H20N4O/c1-14(20-13-15-12-16(23-2)8-10-19-15)17-6-3-4-7-18(17)22-11-5-9-21-22/h3-12,14,20H,13H2,1-2H3. The molecule has 0 bridgehead atoms. The first-order valence-corrected chi connectivity index (χ1v) is 7.59. The van der Waals surface area contributed by atoms with Gasteiger partial charge in [0.15, 0.2) is 0 Å². The van der Waals surface area contributed by atoms with Gasteiger partial charge in [-0.3, -0.25) is 4.98 Å². The predicted octanol–water partition coefficient (Wildman–Crippen LogP) is 3.13. The van der Waals surface area contributed by atoms with Crippen LogP contribution in [0.25, 0.3) is 5.69 Å². The number of para-hydroxylation sites is 1. The summed E-state index contributed by atoms with van der Waals surface area (Å²) in [5.74, 6) is 0.821. The number of benzene rings is 1. The summed E-state index contributed by atoms with van der Waals surface area (Å²) < 4.78 is 7.12. The highest BCUT2D eigenvalue weighted by atomic mass is 16.5. The van der Waals surface area contributed by atoms with Crippen molar-refractivity contribution in [1.82, 2.24) is 20.1 Å². The maximum Gasteiger partial charge on any atom is 0.122 e. The molecular weight excluding hydrogens is 288 g/mol. The van der Waals surface area contributed by atoms with Crippen molar-refractivity contribution in [2.75, 3.05) is 7.11 Å². The lowest BCUT2D eigenvalue weighted by molar-refractivity contribution is 0.413. The molecular formula is C18H20N4O. The molecule has 0 amide bonds. The number of pyridine rings is 1. The number of aromatic nitrogens is 3. The fourth-order valence-corrected chi connectivity index (χ4v) is 2.52. The van der Waals surface area contributed by atoms with Gasteiger partial charge in [-0.15, -0.1) is 0 Å². The van der Waals surface area contributed by atoms with Crippen LogP contribution in [0.1, 0.15) is 24.2 Å². The molecule has 0 fully saturated rings. The van der Waals surface area contributed by atoms with Gasteiger partial charge < -0.3 is 10.1 Å². The van der Waals surface area contributed by atoms with Gasteiger partial charge in [0, 0.05) is 37.2 Å². The molecule has 3 rings (SSSR count). The second-order valence-electron chi connectivity index (χ2n) is 5.30. The molecule has 1 atom stereocenters. The van der Waals surface area contributed by atoms with E-state index < -0.39 is 0 Å². The Morgan fingerprint density at radius 3 is 2.83 bits per heavy atom. The SMILES string of the molecule is COc1ccnc(CNC(C)c2ccccc2-n2cccn2)c1. The summed E-state index contributed by atoms with van der Waals surface area (Å²) in [5, 5.41) is 7.84. The second-order valence-corrected chi connectivity index (χ2v) is 5.30. The minimum absolute atomic E-state index is 0.170. The van der Waals surface area contributed by atoms with E-state index in [1.54, 1.807) is 19.5 Å². The van der Waals surface area contributed by atoms with E-state index >= 15 is 0 Å². The Hall–Kier alpha value is -2.66. The third-order valence-corrected chi connectivity index (χ3v) is 3.77. The number of nitrogens with zero attached hydrogens (tertiary/aromatic N) is 3. The molecule has 0 aliphatic rings. The van der Waals surface area contributed by atoms with Gasteiger partial charge in [0.05, 0.1) is 18.5 Å². The van der Waals surface area contributed by atoms with Gasteiger partial charge in [-0.2, -0.15) is 5.10 Å². The van der Waals surface area contributed by atoms with E-state index in [4.69, 9.17) is 4.74 Å². The largest absolute Gasteiger partial charge is 0.497 e. The number of hydrogen-bond acceptors (Lipinski definition) is 4. The Bertz CT molecular complexity index is 755. The van der Waals surface area contributed by atoms with Crippen molar-refractivity contribution in [3.63, 3.8) is 0 Å². The molecule has 1 N–H and O–H groups in total. The molecule has 1 unspecified atom stereocenters. The van der Waals surface area contributed by atoms with Crippen LogP contribution in [0.15, 0.2) is 61.1 Å². The molecule has 3 aromatic rings. The van der Waals surface area contributed by atoms with Gasteiger partial charge in [-0.25, -0.2) is 4.68 Å². The highest BCUT2D eigenvalue weighted by Gasteiger charge is 2.11. The molecule has 5 nitrogen and oxygen atoms in total. The minimum Gasteiger partial charge on any atom is -0.497 e. The Kier molecular flexibility index (Phi) is 4.68. The van der Waals surface area contributed by atoms with Crippen molar-refractivity contribution in [2.24, 2.45) is 0 Å². The number of nitrogens with one attached hydrogen (secondary N) is 1. The molecule has 23 heavy (non-hydrogen) atoms. The third kappa shape index (κ3) is 3.57. The highest BCUT2D eigenvalue weighted by molar-refractivity contribution is 5.42. The van der Waals surface area contributed by atoms with E-state index in [1.165, 1.54) is 5.56 Å². The molecule has 0 aliphatic carbocycles. The van der Waals surface area contributed by atoms with E-state index in [2.05, 4.69) is 34.5 Å². The zero-order valence-electron chi connectivity index (χ0n) is 13.3. The summed E-state index contributed by atoms with van der Waals surface area (Å²) in [5.41, 5.74) is 3.22. The first kappa shape index (κ1) is 15.2.